The largest absolute Gasteiger partial charge is 0.480 e. The molecule has 1 heterocycles. The van der Waals surface area contributed by atoms with Crippen LogP contribution in [0.15, 0.2) is 6.20 Å². The molecule has 1 aliphatic carbocycles. The van der Waals surface area contributed by atoms with Gasteiger partial charge in [0.05, 0.1) is 11.3 Å². The van der Waals surface area contributed by atoms with E-state index in [4.69, 9.17) is 0 Å². The SMILES string of the molecule is CCCn1cc(C(=O)N[C@H](C(=O)O)C2CCCCC2)c(C)n1. The van der Waals surface area contributed by atoms with Crippen LogP contribution in [0.4, 0.5) is 0 Å². The Labute approximate surface area is 130 Å². The average Bonchev–Trinajstić information content (AvgIpc) is 2.86. The predicted octanol–water partition coefficient (Wildman–Crippen LogP) is 2.36. The van der Waals surface area contributed by atoms with E-state index in [0.717, 1.165) is 45.1 Å². The van der Waals surface area contributed by atoms with Gasteiger partial charge in [-0.2, -0.15) is 5.10 Å². The van der Waals surface area contributed by atoms with Crippen molar-refractivity contribution in [2.75, 3.05) is 0 Å². The van der Waals surface area contributed by atoms with Crippen LogP contribution in [0.3, 0.4) is 0 Å². The minimum absolute atomic E-state index is 0.0289. The van der Waals surface area contributed by atoms with E-state index in [-0.39, 0.29) is 11.8 Å². The van der Waals surface area contributed by atoms with Gasteiger partial charge < -0.3 is 10.4 Å². The number of hydrogen-bond donors (Lipinski definition) is 2. The minimum Gasteiger partial charge on any atom is -0.480 e. The van der Waals surface area contributed by atoms with E-state index in [1.165, 1.54) is 0 Å². The van der Waals surface area contributed by atoms with Crippen molar-refractivity contribution in [3.05, 3.63) is 17.5 Å². The van der Waals surface area contributed by atoms with Crippen LogP contribution in [-0.4, -0.2) is 32.8 Å². The maximum atomic E-state index is 12.4. The Morgan fingerprint density at radius 1 is 1.41 bits per heavy atom. The lowest BCUT2D eigenvalue weighted by molar-refractivity contribution is -0.141. The van der Waals surface area contributed by atoms with E-state index in [9.17, 15) is 14.7 Å². The second kappa shape index (κ2) is 7.42. The van der Waals surface area contributed by atoms with Crippen molar-refractivity contribution < 1.29 is 14.7 Å². The smallest absolute Gasteiger partial charge is 0.326 e. The molecule has 1 amide bonds. The van der Waals surface area contributed by atoms with E-state index in [0.29, 0.717) is 11.3 Å². The number of aryl methyl sites for hydroxylation is 2. The van der Waals surface area contributed by atoms with Crippen LogP contribution in [0.2, 0.25) is 0 Å². The molecule has 0 bridgehead atoms. The summed E-state index contributed by atoms with van der Waals surface area (Å²) in [4.78, 5) is 23.9. The van der Waals surface area contributed by atoms with Crippen molar-refractivity contribution in [1.29, 1.82) is 0 Å². The Hall–Kier alpha value is -1.85. The third-order valence-corrected chi connectivity index (χ3v) is 4.32. The van der Waals surface area contributed by atoms with Gasteiger partial charge in [0.15, 0.2) is 0 Å². The van der Waals surface area contributed by atoms with Crippen LogP contribution < -0.4 is 5.32 Å². The molecule has 0 radical (unpaired) electrons. The molecule has 1 fully saturated rings. The number of nitrogens with one attached hydrogen (secondary N) is 1. The molecule has 0 unspecified atom stereocenters. The lowest BCUT2D eigenvalue weighted by atomic mass is 9.84. The van der Waals surface area contributed by atoms with Crippen LogP contribution in [0.1, 0.15) is 61.5 Å². The quantitative estimate of drug-likeness (QED) is 0.845. The summed E-state index contributed by atoms with van der Waals surface area (Å²) in [6, 6.07) is -0.804. The number of carbonyl (C=O) groups excluding carboxylic acids is 1. The zero-order chi connectivity index (χ0) is 16.1. The van der Waals surface area contributed by atoms with E-state index in [1.54, 1.807) is 17.8 Å². The molecule has 6 heteroatoms. The molecule has 122 valence electrons. The first kappa shape index (κ1) is 16.5. The van der Waals surface area contributed by atoms with Crippen LogP contribution >= 0.6 is 0 Å². The zero-order valence-electron chi connectivity index (χ0n) is 13.3. The van der Waals surface area contributed by atoms with E-state index in [1.807, 2.05) is 6.92 Å². The van der Waals surface area contributed by atoms with Gasteiger partial charge in [0.25, 0.3) is 5.91 Å². The number of aliphatic carboxylic acids is 1. The number of nitrogens with zero attached hydrogens (tertiary/aromatic N) is 2. The number of amides is 1. The van der Waals surface area contributed by atoms with Gasteiger partial charge in [-0.25, -0.2) is 4.79 Å². The lowest BCUT2D eigenvalue weighted by Gasteiger charge is -2.27. The number of rotatable bonds is 6. The van der Waals surface area contributed by atoms with Gasteiger partial charge >= 0.3 is 5.97 Å². The molecule has 0 saturated heterocycles. The highest BCUT2D eigenvalue weighted by Crippen LogP contribution is 2.27. The van der Waals surface area contributed by atoms with Crippen LogP contribution in [0, 0.1) is 12.8 Å². The van der Waals surface area contributed by atoms with Crippen molar-refractivity contribution >= 4 is 11.9 Å². The average molecular weight is 307 g/mol. The fraction of sp³-hybridized carbons (Fsp3) is 0.688. The fourth-order valence-electron chi connectivity index (χ4n) is 3.15. The standard InChI is InChI=1S/C16H25N3O3/c1-3-9-19-10-13(11(2)18-19)15(20)17-14(16(21)22)12-7-5-4-6-8-12/h10,12,14H,3-9H2,1-2H3,(H,17,20)(H,21,22)/t14-/m0/s1. The third kappa shape index (κ3) is 3.87. The molecule has 1 aromatic heterocycles. The Bertz CT molecular complexity index is 533. The first-order valence-corrected chi connectivity index (χ1v) is 8.10. The number of carboxylic acid groups (broad SMARTS) is 1. The Morgan fingerprint density at radius 2 is 2.09 bits per heavy atom. The molecule has 0 aliphatic heterocycles. The molecule has 1 saturated carbocycles. The number of aromatic nitrogens is 2. The third-order valence-electron chi connectivity index (χ3n) is 4.32. The summed E-state index contributed by atoms with van der Waals surface area (Å²) in [7, 11) is 0. The second-order valence-corrected chi connectivity index (χ2v) is 6.08. The number of hydrogen-bond acceptors (Lipinski definition) is 3. The summed E-state index contributed by atoms with van der Waals surface area (Å²) in [5.74, 6) is -1.25. The molecule has 0 spiro atoms. The molecule has 6 nitrogen and oxygen atoms in total. The van der Waals surface area contributed by atoms with Crippen LogP contribution in [0.25, 0.3) is 0 Å². The van der Waals surface area contributed by atoms with Crippen molar-refractivity contribution in [1.82, 2.24) is 15.1 Å². The van der Waals surface area contributed by atoms with E-state index < -0.39 is 12.0 Å². The highest BCUT2D eigenvalue weighted by molar-refractivity contribution is 5.97. The Morgan fingerprint density at radius 3 is 2.68 bits per heavy atom. The van der Waals surface area contributed by atoms with Gasteiger partial charge in [-0.15, -0.1) is 0 Å². The van der Waals surface area contributed by atoms with Crippen molar-refractivity contribution in [2.24, 2.45) is 5.92 Å². The highest BCUT2D eigenvalue weighted by Gasteiger charge is 2.31. The fourth-order valence-corrected chi connectivity index (χ4v) is 3.15. The second-order valence-electron chi connectivity index (χ2n) is 6.08. The van der Waals surface area contributed by atoms with Crippen LogP contribution in [0.5, 0.6) is 0 Å². The molecule has 2 rings (SSSR count). The number of carbonyl (C=O) groups is 2. The summed E-state index contributed by atoms with van der Waals surface area (Å²) >= 11 is 0. The molecule has 0 aromatic carbocycles. The van der Waals surface area contributed by atoms with Crippen molar-refractivity contribution in [3.63, 3.8) is 0 Å². The Balaban J connectivity index is 2.08. The first-order valence-electron chi connectivity index (χ1n) is 8.10. The summed E-state index contributed by atoms with van der Waals surface area (Å²) in [6.45, 7) is 4.57. The molecular formula is C16H25N3O3. The summed E-state index contributed by atoms with van der Waals surface area (Å²) in [5.41, 5.74) is 1.11. The maximum Gasteiger partial charge on any atom is 0.326 e. The predicted molar refractivity (Wildman–Crippen MR) is 82.7 cm³/mol. The number of carboxylic acids is 1. The summed E-state index contributed by atoms with van der Waals surface area (Å²) in [5, 5.41) is 16.4. The molecular weight excluding hydrogens is 282 g/mol. The van der Waals surface area contributed by atoms with Gasteiger partial charge in [-0.3, -0.25) is 9.48 Å². The zero-order valence-corrected chi connectivity index (χ0v) is 13.3. The summed E-state index contributed by atoms with van der Waals surface area (Å²) in [6.07, 6.45) is 7.60. The van der Waals surface area contributed by atoms with E-state index >= 15 is 0 Å². The molecule has 2 N–H and O–H groups in total. The Kier molecular flexibility index (Phi) is 5.57. The normalized spacial score (nSPS) is 17.2. The van der Waals surface area contributed by atoms with Gasteiger partial charge in [0.1, 0.15) is 6.04 Å². The van der Waals surface area contributed by atoms with Gasteiger partial charge in [0, 0.05) is 12.7 Å². The van der Waals surface area contributed by atoms with Gasteiger partial charge in [-0.05, 0) is 32.1 Å². The van der Waals surface area contributed by atoms with Gasteiger partial charge in [-0.1, -0.05) is 26.2 Å². The lowest BCUT2D eigenvalue weighted by Crippen LogP contribution is -2.46. The van der Waals surface area contributed by atoms with Crippen molar-refractivity contribution in [3.8, 4) is 0 Å². The topological polar surface area (TPSA) is 84.2 Å². The molecule has 22 heavy (non-hydrogen) atoms. The first-order chi connectivity index (χ1) is 10.5. The van der Waals surface area contributed by atoms with Crippen molar-refractivity contribution in [2.45, 2.75) is 65.0 Å². The minimum atomic E-state index is -0.946. The van der Waals surface area contributed by atoms with E-state index in [2.05, 4.69) is 10.4 Å². The van der Waals surface area contributed by atoms with Crippen LogP contribution in [-0.2, 0) is 11.3 Å². The molecule has 1 atom stereocenters. The summed E-state index contributed by atoms with van der Waals surface area (Å²) < 4.78 is 1.74. The van der Waals surface area contributed by atoms with Gasteiger partial charge in [0.2, 0.25) is 0 Å². The molecule has 1 aliphatic rings. The highest BCUT2D eigenvalue weighted by atomic mass is 16.4. The maximum absolute atomic E-state index is 12.4. The monoisotopic (exact) mass is 307 g/mol. The molecule has 1 aromatic rings.